The van der Waals surface area contributed by atoms with Crippen molar-refractivity contribution in [3.8, 4) is 0 Å². The van der Waals surface area contributed by atoms with E-state index in [1.807, 2.05) is 0 Å². The van der Waals surface area contributed by atoms with Crippen LogP contribution in [0.4, 0.5) is 4.39 Å². The average molecular weight is 279 g/mol. The zero-order chi connectivity index (χ0) is 14.7. The maximum atomic E-state index is 13.1. The predicted molar refractivity (Wildman–Crippen MR) is 71.4 cm³/mol. The van der Waals surface area contributed by atoms with Crippen molar-refractivity contribution < 1.29 is 19.1 Å². The first-order chi connectivity index (χ1) is 9.47. The minimum Gasteiger partial charge on any atom is -0.481 e. The Bertz CT molecular complexity index is 518. The van der Waals surface area contributed by atoms with E-state index in [2.05, 4.69) is 5.32 Å². The van der Waals surface area contributed by atoms with Gasteiger partial charge in [-0.15, -0.1) is 0 Å². The van der Waals surface area contributed by atoms with Crippen LogP contribution in [0.2, 0.25) is 0 Å². The average Bonchev–Trinajstić information content (AvgIpc) is 2.88. The van der Waals surface area contributed by atoms with Gasteiger partial charge in [-0.2, -0.15) is 0 Å². The van der Waals surface area contributed by atoms with E-state index in [-0.39, 0.29) is 23.7 Å². The maximum absolute atomic E-state index is 13.1. The summed E-state index contributed by atoms with van der Waals surface area (Å²) in [6.07, 6.45) is 1.53. The molecule has 0 aromatic heterocycles. The van der Waals surface area contributed by atoms with Gasteiger partial charge in [0.05, 0.1) is 12.0 Å². The number of hydrogen-bond acceptors (Lipinski definition) is 2. The van der Waals surface area contributed by atoms with Crippen molar-refractivity contribution in [3.05, 3.63) is 35.6 Å². The number of carboxylic acids is 1. The second-order valence-corrected chi connectivity index (χ2v) is 5.33. The molecule has 0 radical (unpaired) electrons. The fourth-order valence-electron chi connectivity index (χ4n) is 2.63. The topological polar surface area (TPSA) is 66.4 Å². The largest absolute Gasteiger partial charge is 0.481 e. The molecule has 4 nitrogen and oxygen atoms in total. The number of halogens is 1. The molecule has 1 saturated carbocycles. The van der Waals surface area contributed by atoms with Gasteiger partial charge in [-0.1, -0.05) is 12.1 Å². The van der Waals surface area contributed by atoms with Crippen molar-refractivity contribution >= 4 is 11.9 Å². The number of rotatable bonds is 4. The fraction of sp³-hybridized carbons (Fsp3) is 0.467. The van der Waals surface area contributed by atoms with Gasteiger partial charge in [0, 0.05) is 5.92 Å². The molecule has 0 bridgehead atoms. The molecule has 1 aliphatic carbocycles. The molecule has 0 aliphatic heterocycles. The van der Waals surface area contributed by atoms with Crippen LogP contribution in [0.15, 0.2) is 24.3 Å². The Balaban J connectivity index is 1.93. The normalized spacial score (nSPS) is 23.3. The third-order valence-corrected chi connectivity index (χ3v) is 3.86. The first kappa shape index (κ1) is 14.5. The third kappa shape index (κ3) is 3.35. The summed E-state index contributed by atoms with van der Waals surface area (Å²) in [5.41, 5.74) is 0.700. The highest BCUT2D eigenvalue weighted by molar-refractivity contribution is 5.81. The van der Waals surface area contributed by atoms with Gasteiger partial charge in [-0.25, -0.2) is 4.39 Å². The monoisotopic (exact) mass is 279 g/mol. The smallest absolute Gasteiger partial charge is 0.306 e. The Hall–Kier alpha value is -1.91. The molecule has 1 fully saturated rings. The molecule has 2 N–H and O–H groups in total. The predicted octanol–water partition coefficient (Wildman–Crippen LogP) is 2.50. The Morgan fingerprint density at radius 1 is 1.35 bits per heavy atom. The van der Waals surface area contributed by atoms with Gasteiger partial charge in [-0.3, -0.25) is 9.59 Å². The summed E-state index contributed by atoms with van der Waals surface area (Å²) < 4.78 is 13.1. The lowest BCUT2D eigenvalue weighted by Crippen LogP contribution is -2.32. The standard InChI is InChI=1S/C15H18FNO3/c1-9(10-3-2-4-13(16)8-10)17-14(18)11-5-6-12(7-11)15(19)20/h2-4,8-9,11-12H,5-7H2,1H3,(H,17,18)(H,19,20)/t9-,11?,12?/m1/s1. The minimum absolute atomic E-state index is 0.148. The molecule has 1 aromatic carbocycles. The number of hydrogen-bond donors (Lipinski definition) is 2. The number of amides is 1. The molecule has 1 amide bonds. The molecule has 108 valence electrons. The lowest BCUT2D eigenvalue weighted by atomic mass is 10.0. The van der Waals surface area contributed by atoms with E-state index in [0.717, 1.165) is 0 Å². The van der Waals surface area contributed by atoms with Gasteiger partial charge < -0.3 is 10.4 Å². The summed E-state index contributed by atoms with van der Waals surface area (Å²) in [7, 11) is 0. The number of carbonyl (C=O) groups is 2. The maximum Gasteiger partial charge on any atom is 0.306 e. The lowest BCUT2D eigenvalue weighted by Gasteiger charge is -2.17. The van der Waals surface area contributed by atoms with Crippen LogP contribution >= 0.6 is 0 Å². The highest BCUT2D eigenvalue weighted by Gasteiger charge is 2.34. The molecule has 2 unspecified atom stereocenters. The van der Waals surface area contributed by atoms with Crippen LogP contribution in [0.3, 0.4) is 0 Å². The van der Waals surface area contributed by atoms with Gasteiger partial charge in [0.15, 0.2) is 0 Å². The molecule has 0 heterocycles. The van der Waals surface area contributed by atoms with Crippen molar-refractivity contribution in [2.24, 2.45) is 11.8 Å². The van der Waals surface area contributed by atoms with Crippen LogP contribution in [-0.2, 0) is 9.59 Å². The van der Waals surface area contributed by atoms with Crippen LogP contribution in [0.5, 0.6) is 0 Å². The van der Waals surface area contributed by atoms with Crippen LogP contribution in [0, 0.1) is 17.7 Å². The first-order valence-corrected chi connectivity index (χ1v) is 6.76. The van der Waals surface area contributed by atoms with Gasteiger partial charge in [0.2, 0.25) is 5.91 Å². The van der Waals surface area contributed by atoms with Crippen molar-refractivity contribution in [2.45, 2.75) is 32.2 Å². The number of benzene rings is 1. The fourth-order valence-corrected chi connectivity index (χ4v) is 2.63. The van der Waals surface area contributed by atoms with Crippen molar-refractivity contribution in [3.63, 3.8) is 0 Å². The molecule has 2 rings (SSSR count). The zero-order valence-electron chi connectivity index (χ0n) is 11.3. The molecular weight excluding hydrogens is 261 g/mol. The molecule has 0 saturated heterocycles. The van der Waals surface area contributed by atoms with E-state index < -0.39 is 11.9 Å². The summed E-state index contributed by atoms with van der Waals surface area (Å²) in [5, 5.41) is 11.8. The summed E-state index contributed by atoms with van der Waals surface area (Å²) in [4.78, 5) is 23.0. The number of nitrogens with one attached hydrogen (secondary N) is 1. The first-order valence-electron chi connectivity index (χ1n) is 6.76. The van der Waals surface area contributed by atoms with Crippen LogP contribution in [-0.4, -0.2) is 17.0 Å². The SMILES string of the molecule is C[C@@H](NC(=O)C1CCC(C(=O)O)C1)c1cccc(F)c1. The van der Waals surface area contributed by atoms with Crippen LogP contribution in [0.1, 0.15) is 37.8 Å². The molecule has 20 heavy (non-hydrogen) atoms. The van der Waals surface area contributed by atoms with Crippen molar-refractivity contribution in [1.29, 1.82) is 0 Å². The molecule has 0 spiro atoms. The Labute approximate surface area is 117 Å². The van der Waals surface area contributed by atoms with Crippen LogP contribution < -0.4 is 5.32 Å². The van der Waals surface area contributed by atoms with Gasteiger partial charge >= 0.3 is 5.97 Å². The quantitative estimate of drug-likeness (QED) is 0.890. The number of carboxylic acid groups (broad SMARTS) is 1. The van der Waals surface area contributed by atoms with E-state index in [4.69, 9.17) is 5.11 Å². The summed E-state index contributed by atoms with van der Waals surface area (Å²) in [5.74, 6) is -2.00. The van der Waals surface area contributed by atoms with E-state index in [9.17, 15) is 14.0 Å². The number of carbonyl (C=O) groups excluding carboxylic acids is 1. The van der Waals surface area contributed by atoms with Gasteiger partial charge in [-0.05, 0) is 43.9 Å². The van der Waals surface area contributed by atoms with Crippen molar-refractivity contribution in [2.75, 3.05) is 0 Å². The Morgan fingerprint density at radius 3 is 2.65 bits per heavy atom. The molecule has 1 aromatic rings. The van der Waals surface area contributed by atoms with E-state index >= 15 is 0 Å². The molecule has 5 heteroatoms. The molecule has 1 aliphatic rings. The van der Waals surface area contributed by atoms with E-state index in [0.29, 0.717) is 24.8 Å². The van der Waals surface area contributed by atoms with E-state index in [1.165, 1.54) is 12.1 Å². The van der Waals surface area contributed by atoms with Crippen molar-refractivity contribution in [1.82, 2.24) is 5.32 Å². The van der Waals surface area contributed by atoms with Crippen LogP contribution in [0.25, 0.3) is 0 Å². The highest BCUT2D eigenvalue weighted by Crippen LogP contribution is 2.31. The molecule has 3 atom stereocenters. The second-order valence-electron chi connectivity index (χ2n) is 5.33. The van der Waals surface area contributed by atoms with Gasteiger partial charge in [0.25, 0.3) is 0 Å². The lowest BCUT2D eigenvalue weighted by molar-refractivity contribution is -0.141. The third-order valence-electron chi connectivity index (χ3n) is 3.86. The highest BCUT2D eigenvalue weighted by atomic mass is 19.1. The summed E-state index contributed by atoms with van der Waals surface area (Å²) in [6, 6.07) is 5.81. The second kappa shape index (κ2) is 6.03. The molecular formula is C15H18FNO3. The zero-order valence-corrected chi connectivity index (χ0v) is 11.3. The summed E-state index contributed by atoms with van der Waals surface area (Å²) >= 11 is 0. The Morgan fingerprint density at radius 2 is 2.05 bits per heavy atom. The van der Waals surface area contributed by atoms with E-state index in [1.54, 1.807) is 19.1 Å². The minimum atomic E-state index is -0.835. The number of aliphatic carboxylic acids is 1. The Kier molecular flexibility index (Phi) is 4.37. The van der Waals surface area contributed by atoms with Gasteiger partial charge in [0.1, 0.15) is 5.82 Å². The summed E-state index contributed by atoms with van der Waals surface area (Å²) in [6.45, 7) is 1.79.